The summed E-state index contributed by atoms with van der Waals surface area (Å²) in [7, 11) is 0. The van der Waals surface area contributed by atoms with Gasteiger partial charge < -0.3 is 4.42 Å². The predicted molar refractivity (Wildman–Crippen MR) is 72.0 cm³/mol. The normalized spacial score (nSPS) is 10.3. The van der Waals surface area contributed by atoms with E-state index in [0.29, 0.717) is 11.0 Å². The molecule has 0 bridgehead atoms. The van der Waals surface area contributed by atoms with Gasteiger partial charge in [-0.2, -0.15) is 0 Å². The average Bonchev–Trinajstić information content (AvgIpc) is 3.10. The van der Waals surface area contributed by atoms with Crippen molar-refractivity contribution in [1.82, 2.24) is 9.97 Å². The fourth-order valence-corrected chi connectivity index (χ4v) is 2.06. The van der Waals surface area contributed by atoms with E-state index in [2.05, 4.69) is 15.3 Å². The summed E-state index contributed by atoms with van der Waals surface area (Å²) < 4.78 is 5.43. The molecule has 0 aliphatic heterocycles. The maximum absolute atomic E-state index is 11.9. The molecule has 6 heteroatoms. The van der Waals surface area contributed by atoms with Crippen LogP contribution in [-0.4, -0.2) is 15.9 Å². The van der Waals surface area contributed by atoms with Gasteiger partial charge in [0.1, 0.15) is 0 Å². The molecule has 0 spiro atoms. The Morgan fingerprint density at radius 2 is 2.05 bits per heavy atom. The molecule has 3 rings (SSSR count). The van der Waals surface area contributed by atoms with Gasteiger partial charge in [0.25, 0.3) is 5.91 Å². The Morgan fingerprint density at radius 3 is 2.79 bits per heavy atom. The zero-order valence-electron chi connectivity index (χ0n) is 9.74. The van der Waals surface area contributed by atoms with Gasteiger partial charge in [0, 0.05) is 17.1 Å². The number of rotatable bonds is 3. The molecule has 0 aliphatic carbocycles. The lowest BCUT2D eigenvalue weighted by Crippen LogP contribution is -2.10. The minimum Gasteiger partial charge on any atom is -0.431 e. The van der Waals surface area contributed by atoms with Crippen LogP contribution in [0.4, 0.5) is 5.13 Å². The Hall–Kier alpha value is -2.47. The van der Waals surface area contributed by atoms with Gasteiger partial charge in [0.05, 0.1) is 6.20 Å². The molecule has 94 valence electrons. The molecule has 2 aromatic heterocycles. The molecule has 1 amide bonds. The van der Waals surface area contributed by atoms with Gasteiger partial charge in [-0.3, -0.25) is 10.1 Å². The van der Waals surface area contributed by atoms with Crippen molar-refractivity contribution in [2.24, 2.45) is 0 Å². The largest absolute Gasteiger partial charge is 0.431 e. The first-order chi connectivity index (χ1) is 9.33. The van der Waals surface area contributed by atoms with Crippen LogP contribution < -0.4 is 5.32 Å². The van der Waals surface area contributed by atoms with E-state index < -0.39 is 0 Å². The Labute approximate surface area is 112 Å². The van der Waals surface area contributed by atoms with E-state index >= 15 is 0 Å². The first-order valence-corrected chi connectivity index (χ1v) is 6.43. The van der Waals surface area contributed by atoms with Crippen LogP contribution in [0.3, 0.4) is 0 Å². The standard InChI is InChI=1S/C13H9N3O2S/c17-11(16-13-14-6-7-19-13)10-8-15-12(18-10)9-4-2-1-3-5-9/h1-8H,(H,14,16,17). The molecule has 0 saturated carbocycles. The third kappa shape index (κ3) is 2.53. The molecule has 19 heavy (non-hydrogen) atoms. The summed E-state index contributed by atoms with van der Waals surface area (Å²) in [4.78, 5) is 19.9. The molecule has 0 atom stereocenters. The summed E-state index contributed by atoms with van der Waals surface area (Å²) >= 11 is 1.34. The zero-order valence-corrected chi connectivity index (χ0v) is 10.6. The Balaban J connectivity index is 1.80. The van der Waals surface area contributed by atoms with Gasteiger partial charge in [0.2, 0.25) is 11.7 Å². The minimum atomic E-state index is -0.357. The van der Waals surface area contributed by atoms with Crippen LogP contribution in [0.1, 0.15) is 10.6 Å². The van der Waals surface area contributed by atoms with Gasteiger partial charge in [-0.25, -0.2) is 9.97 Å². The van der Waals surface area contributed by atoms with E-state index in [1.54, 1.807) is 11.6 Å². The number of carbonyl (C=O) groups excluding carboxylic acids is 1. The molecule has 0 saturated heterocycles. The number of hydrogen-bond acceptors (Lipinski definition) is 5. The number of aromatic nitrogens is 2. The van der Waals surface area contributed by atoms with Crippen LogP contribution in [0.2, 0.25) is 0 Å². The fourth-order valence-electron chi connectivity index (χ4n) is 1.54. The summed E-state index contributed by atoms with van der Waals surface area (Å²) in [5.41, 5.74) is 0.829. The molecule has 0 aliphatic rings. The van der Waals surface area contributed by atoms with Gasteiger partial charge in [-0.15, -0.1) is 11.3 Å². The zero-order chi connectivity index (χ0) is 13.1. The second-order valence-corrected chi connectivity index (χ2v) is 4.58. The second-order valence-electron chi connectivity index (χ2n) is 3.69. The first kappa shape index (κ1) is 11.6. The molecule has 2 heterocycles. The van der Waals surface area contributed by atoms with Crippen LogP contribution in [-0.2, 0) is 0 Å². The van der Waals surface area contributed by atoms with Gasteiger partial charge in [-0.1, -0.05) is 18.2 Å². The third-order valence-corrected chi connectivity index (χ3v) is 3.09. The lowest BCUT2D eigenvalue weighted by molar-refractivity contribution is 0.0997. The van der Waals surface area contributed by atoms with Gasteiger partial charge in [0.15, 0.2) is 5.13 Å². The maximum Gasteiger partial charge on any atom is 0.294 e. The molecule has 5 nitrogen and oxygen atoms in total. The van der Waals surface area contributed by atoms with Crippen molar-refractivity contribution in [2.45, 2.75) is 0 Å². The fraction of sp³-hybridized carbons (Fsp3) is 0. The van der Waals surface area contributed by atoms with Gasteiger partial charge >= 0.3 is 0 Å². The van der Waals surface area contributed by atoms with E-state index in [0.717, 1.165) is 5.56 Å². The lowest BCUT2D eigenvalue weighted by atomic mass is 10.2. The molecule has 1 N–H and O–H groups in total. The van der Waals surface area contributed by atoms with Crippen molar-refractivity contribution in [1.29, 1.82) is 0 Å². The van der Waals surface area contributed by atoms with E-state index in [4.69, 9.17) is 4.42 Å². The highest BCUT2D eigenvalue weighted by atomic mass is 32.1. The van der Waals surface area contributed by atoms with Crippen molar-refractivity contribution in [2.75, 3.05) is 5.32 Å². The predicted octanol–water partition coefficient (Wildman–Crippen LogP) is 3.05. The summed E-state index contributed by atoms with van der Waals surface area (Å²) in [6.07, 6.45) is 3.03. The van der Waals surface area contributed by atoms with Crippen LogP contribution in [0, 0.1) is 0 Å². The Kier molecular flexibility index (Phi) is 3.07. The molecule has 0 fully saturated rings. The molecule has 1 aromatic carbocycles. The first-order valence-electron chi connectivity index (χ1n) is 5.55. The number of benzene rings is 1. The van der Waals surface area contributed by atoms with Crippen molar-refractivity contribution in [3.8, 4) is 11.5 Å². The van der Waals surface area contributed by atoms with Crippen molar-refractivity contribution in [3.05, 3.63) is 53.9 Å². The monoisotopic (exact) mass is 271 g/mol. The number of oxazole rings is 1. The number of carbonyl (C=O) groups is 1. The number of anilines is 1. The summed E-state index contributed by atoms with van der Waals surface area (Å²) in [6.45, 7) is 0. The summed E-state index contributed by atoms with van der Waals surface area (Å²) in [6, 6.07) is 9.41. The van der Waals surface area contributed by atoms with E-state index in [-0.39, 0.29) is 11.7 Å². The number of nitrogens with zero attached hydrogens (tertiary/aromatic N) is 2. The minimum absolute atomic E-state index is 0.161. The number of nitrogens with one attached hydrogen (secondary N) is 1. The molecule has 0 unspecified atom stereocenters. The highest BCUT2D eigenvalue weighted by Gasteiger charge is 2.14. The lowest BCUT2D eigenvalue weighted by Gasteiger charge is -1.97. The van der Waals surface area contributed by atoms with Crippen molar-refractivity contribution >= 4 is 22.4 Å². The number of thiazole rings is 1. The number of hydrogen-bond donors (Lipinski definition) is 1. The average molecular weight is 271 g/mol. The van der Waals surface area contributed by atoms with Crippen LogP contribution in [0.15, 0.2) is 52.5 Å². The van der Waals surface area contributed by atoms with Crippen LogP contribution in [0.25, 0.3) is 11.5 Å². The highest BCUT2D eigenvalue weighted by molar-refractivity contribution is 7.13. The SMILES string of the molecule is O=C(Nc1nccs1)c1cnc(-c2ccccc2)o1. The van der Waals surface area contributed by atoms with E-state index in [1.807, 2.05) is 30.3 Å². The Morgan fingerprint density at radius 1 is 1.21 bits per heavy atom. The molecule has 0 radical (unpaired) electrons. The topological polar surface area (TPSA) is 68.0 Å². The third-order valence-electron chi connectivity index (χ3n) is 2.40. The summed E-state index contributed by atoms with van der Waals surface area (Å²) in [5, 5.41) is 4.95. The smallest absolute Gasteiger partial charge is 0.294 e. The van der Waals surface area contributed by atoms with Crippen LogP contribution >= 0.6 is 11.3 Å². The maximum atomic E-state index is 11.9. The second kappa shape index (κ2) is 5.03. The highest BCUT2D eigenvalue weighted by Crippen LogP contribution is 2.19. The molecular weight excluding hydrogens is 262 g/mol. The summed E-state index contributed by atoms with van der Waals surface area (Å²) in [5.74, 6) is 0.226. The van der Waals surface area contributed by atoms with Crippen LogP contribution in [0.5, 0.6) is 0 Å². The van der Waals surface area contributed by atoms with Gasteiger partial charge in [-0.05, 0) is 12.1 Å². The molecular formula is C13H9N3O2S. The van der Waals surface area contributed by atoms with E-state index in [1.165, 1.54) is 17.5 Å². The van der Waals surface area contributed by atoms with Crippen molar-refractivity contribution in [3.63, 3.8) is 0 Å². The quantitative estimate of drug-likeness (QED) is 0.795. The Bertz CT molecular complexity index is 677. The number of amides is 1. The van der Waals surface area contributed by atoms with E-state index in [9.17, 15) is 4.79 Å². The molecule has 3 aromatic rings. The van der Waals surface area contributed by atoms with Crippen molar-refractivity contribution < 1.29 is 9.21 Å².